The van der Waals surface area contributed by atoms with Gasteiger partial charge in [0.25, 0.3) is 0 Å². The van der Waals surface area contributed by atoms with Crippen LogP contribution in [0.1, 0.15) is 30.6 Å². The lowest BCUT2D eigenvalue weighted by molar-refractivity contribution is -0.136. The average Bonchev–Trinajstić information content (AvgIpc) is 2.40. The fourth-order valence-corrected chi connectivity index (χ4v) is 2.43. The van der Waals surface area contributed by atoms with Crippen LogP contribution in [-0.4, -0.2) is 36.3 Å². The van der Waals surface area contributed by atoms with E-state index in [1.165, 1.54) is 0 Å². The highest BCUT2D eigenvalue weighted by Crippen LogP contribution is 2.20. The van der Waals surface area contributed by atoms with Crippen LogP contribution >= 0.6 is 11.8 Å². The van der Waals surface area contributed by atoms with Crippen molar-refractivity contribution in [2.24, 2.45) is 0 Å². The molecule has 1 rings (SSSR count). The molecule has 0 spiro atoms. The van der Waals surface area contributed by atoms with E-state index in [1.807, 2.05) is 26.0 Å². The van der Waals surface area contributed by atoms with Gasteiger partial charge >= 0.3 is 5.97 Å². The molecule has 0 aliphatic carbocycles. The monoisotopic (exact) mass is 284 g/mol. The van der Waals surface area contributed by atoms with Crippen LogP contribution in [0.3, 0.4) is 0 Å². The van der Waals surface area contributed by atoms with E-state index in [1.54, 1.807) is 23.9 Å². The molecule has 0 heterocycles. The Morgan fingerprint density at radius 3 is 2.26 bits per heavy atom. The Labute approximate surface area is 118 Å². The van der Waals surface area contributed by atoms with Crippen LogP contribution in [0, 0.1) is 0 Å². The Morgan fingerprint density at radius 1 is 1.21 bits per heavy atom. The summed E-state index contributed by atoms with van der Waals surface area (Å²) in [5.41, 5.74) is 0.311. The average molecular weight is 284 g/mol. The van der Waals surface area contributed by atoms with Crippen LogP contribution in [0.2, 0.25) is 0 Å². The summed E-state index contributed by atoms with van der Waals surface area (Å²) in [5.74, 6) is -0.0267. The lowest BCUT2D eigenvalue weighted by Crippen LogP contribution is -2.18. The quantitative estimate of drug-likeness (QED) is 0.557. The highest BCUT2D eigenvalue weighted by molar-refractivity contribution is 7.99. The van der Waals surface area contributed by atoms with Gasteiger partial charge < -0.3 is 14.6 Å². The Balaban J connectivity index is 2.37. The molecular formula is C14H20O4S. The second-order valence-electron chi connectivity index (χ2n) is 3.81. The Bertz CT molecular complexity index is 372. The van der Waals surface area contributed by atoms with Crippen molar-refractivity contribution in [3.05, 3.63) is 29.8 Å². The fraction of sp³-hybridized carbons (Fsp3) is 0.500. The maximum Gasteiger partial charge on any atom is 0.335 e. The van der Waals surface area contributed by atoms with Crippen molar-refractivity contribution in [3.63, 3.8) is 0 Å². The summed E-state index contributed by atoms with van der Waals surface area (Å²) in [6.45, 7) is 5.18. The predicted octanol–water partition coefficient (Wildman–Crippen LogP) is 3.27. The Morgan fingerprint density at radius 2 is 1.79 bits per heavy atom. The lowest BCUT2D eigenvalue weighted by Gasteiger charge is -2.16. The molecule has 0 saturated heterocycles. The van der Waals surface area contributed by atoms with Crippen LogP contribution in [0.15, 0.2) is 29.2 Å². The number of hydrogen-bond acceptors (Lipinski definition) is 4. The van der Waals surface area contributed by atoms with Crippen molar-refractivity contribution in [1.29, 1.82) is 0 Å². The number of thioether (sulfide) groups is 1. The second kappa shape index (κ2) is 8.96. The first kappa shape index (κ1) is 16.0. The molecule has 0 radical (unpaired) electrons. The van der Waals surface area contributed by atoms with Gasteiger partial charge in [0.2, 0.25) is 0 Å². The van der Waals surface area contributed by atoms with Gasteiger partial charge in [-0.05, 0) is 38.1 Å². The molecule has 0 amide bonds. The van der Waals surface area contributed by atoms with Gasteiger partial charge in [-0.2, -0.15) is 0 Å². The van der Waals surface area contributed by atoms with Crippen molar-refractivity contribution in [2.45, 2.75) is 31.5 Å². The molecule has 1 N–H and O–H groups in total. The van der Waals surface area contributed by atoms with Crippen molar-refractivity contribution < 1.29 is 19.4 Å². The summed E-state index contributed by atoms with van der Waals surface area (Å²) >= 11 is 1.67. The van der Waals surface area contributed by atoms with Gasteiger partial charge in [-0.15, -0.1) is 11.8 Å². The fourth-order valence-electron chi connectivity index (χ4n) is 1.55. The zero-order valence-electron chi connectivity index (χ0n) is 11.3. The predicted molar refractivity (Wildman–Crippen MR) is 75.8 cm³/mol. The van der Waals surface area contributed by atoms with Gasteiger partial charge in [-0.3, -0.25) is 0 Å². The van der Waals surface area contributed by atoms with Crippen molar-refractivity contribution >= 4 is 17.7 Å². The summed E-state index contributed by atoms with van der Waals surface area (Å²) in [6, 6.07) is 6.88. The van der Waals surface area contributed by atoms with Gasteiger partial charge in [0, 0.05) is 30.3 Å². The number of carboxylic acids is 1. The number of ether oxygens (including phenoxy) is 2. The summed E-state index contributed by atoms with van der Waals surface area (Å²) < 4.78 is 10.9. The zero-order valence-corrected chi connectivity index (χ0v) is 12.1. The van der Waals surface area contributed by atoms with E-state index < -0.39 is 5.97 Å². The largest absolute Gasteiger partial charge is 0.478 e. The first-order valence-electron chi connectivity index (χ1n) is 6.36. The van der Waals surface area contributed by atoms with E-state index in [9.17, 15) is 4.79 Å². The molecule has 0 saturated carbocycles. The molecule has 1 aromatic rings. The van der Waals surface area contributed by atoms with E-state index >= 15 is 0 Å². The molecule has 1 aromatic carbocycles. The van der Waals surface area contributed by atoms with E-state index in [0.29, 0.717) is 18.8 Å². The van der Waals surface area contributed by atoms with Crippen LogP contribution < -0.4 is 0 Å². The molecule has 5 heteroatoms. The maximum atomic E-state index is 10.7. The highest BCUT2D eigenvalue weighted by atomic mass is 32.2. The van der Waals surface area contributed by atoms with Crippen molar-refractivity contribution in [3.8, 4) is 0 Å². The standard InChI is InChI=1S/C14H20O4S/c1-3-17-13(18-4-2)9-10-19-12-7-5-11(6-8-12)14(15)16/h5-8,13H,3-4,9-10H2,1-2H3,(H,15,16). The lowest BCUT2D eigenvalue weighted by atomic mass is 10.2. The van der Waals surface area contributed by atoms with Gasteiger partial charge in [0.05, 0.1) is 5.56 Å². The smallest absolute Gasteiger partial charge is 0.335 e. The Hall–Kier alpha value is -1.04. The summed E-state index contributed by atoms with van der Waals surface area (Å²) in [5, 5.41) is 8.80. The number of rotatable bonds is 9. The number of carbonyl (C=O) groups is 1. The minimum absolute atomic E-state index is 0.152. The molecule has 19 heavy (non-hydrogen) atoms. The van der Waals surface area contributed by atoms with Gasteiger partial charge in [-0.25, -0.2) is 4.79 Å². The third kappa shape index (κ3) is 6.09. The maximum absolute atomic E-state index is 10.7. The molecule has 0 unspecified atom stereocenters. The Kier molecular flexibility index (Phi) is 7.55. The molecule has 0 aliphatic heterocycles. The minimum Gasteiger partial charge on any atom is -0.478 e. The van der Waals surface area contributed by atoms with Gasteiger partial charge in [0.15, 0.2) is 6.29 Å². The van der Waals surface area contributed by atoms with Crippen LogP contribution in [0.4, 0.5) is 0 Å². The topological polar surface area (TPSA) is 55.8 Å². The van der Waals surface area contributed by atoms with Gasteiger partial charge in [0.1, 0.15) is 0 Å². The summed E-state index contributed by atoms with van der Waals surface area (Å²) in [7, 11) is 0. The zero-order chi connectivity index (χ0) is 14.1. The molecule has 0 fully saturated rings. The number of benzene rings is 1. The first-order chi connectivity index (χ1) is 9.17. The van der Waals surface area contributed by atoms with Crippen LogP contribution in [0.5, 0.6) is 0 Å². The SMILES string of the molecule is CCOC(CCSc1ccc(C(=O)O)cc1)OCC. The minimum atomic E-state index is -0.899. The third-order valence-electron chi connectivity index (χ3n) is 2.43. The number of carboxylic acid groups (broad SMARTS) is 1. The summed E-state index contributed by atoms with van der Waals surface area (Å²) in [4.78, 5) is 11.8. The molecule has 0 atom stereocenters. The molecular weight excluding hydrogens is 264 g/mol. The molecule has 106 valence electrons. The number of hydrogen-bond donors (Lipinski definition) is 1. The van der Waals surface area contributed by atoms with E-state index in [-0.39, 0.29) is 6.29 Å². The molecule has 0 bridgehead atoms. The molecule has 4 nitrogen and oxygen atoms in total. The van der Waals surface area contributed by atoms with E-state index in [0.717, 1.165) is 17.1 Å². The normalized spacial score (nSPS) is 10.9. The first-order valence-corrected chi connectivity index (χ1v) is 7.35. The van der Waals surface area contributed by atoms with Gasteiger partial charge in [-0.1, -0.05) is 0 Å². The molecule has 0 aliphatic rings. The second-order valence-corrected chi connectivity index (χ2v) is 4.98. The third-order valence-corrected chi connectivity index (χ3v) is 3.47. The number of aromatic carboxylic acids is 1. The molecule has 0 aromatic heterocycles. The van der Waals surface area contributed by atoms with Crippen molar-refractivity contribution in [2.75, 3.05) is 19.0 Å². The van der Waals surface area contributed by atoms with E-state index in [4.69, 9.17) is 14.6 Å². The van der Waals surface area contributed by atoms with Crippen LogP contribution in [-0.2, 0) is 9.47 Å². The summed E-state index contributed by atoms with van der Waals surface area (Å²) in [6.07, 6.45) is 0.660. The van der Waals surface area contributed by atoms with E-state index in [2.05, 4.69) is 0 Å². The highest BCUT2D eigenvalue weighted by Gasteiger charge is 2.08. The van der Waals surface area contributed by atoms with Crippen LogP contribution in [0.25, 0.3) is 0 Å². The van der Waals surface area contributed by atoms with Crippen molar-refractivity contribution in [1.82, 2.24) is 0 Å².